The van der Waals surface area contributed by atoms with Crippen molar-refractivity contribution >= 4 is 23.0 Å². The minimum atomic E-state index is 0.802. The van der Waals surface area contributed by atoms with Gasteiger partial charge in [-0.3, -0.25) is 0 Å². The van der Waals surface area contributed by atoms with Crippen molar-refractivity contribution in [3.8, 4) is 0 Å². The lowest BCUT2D eigenvalue weighted by molar-refractivity contribution is 1.01. The van der Waals surface area contributed by atoms with Gasteiger partial charge in [0, 0.05) is 19.2 Å². The number of hydrogen-bond donors (Lipinski definition) is 2. The molecule has 2 aromatic heterocycles. The van der Waals surface area contributed by atoms with Crippen molar-refractivity contribution in [1.82, 2.24) is 9.97 Å². The van der Waals surface area contributed by atoms with Crippen LogP contribution in [0.25, 0.3) is 0 Å². The molecule has 0 unspecified atom stereocenters. The van der Waals surface area contributed by atoms with Crippen LogP contribution in [0.4, 0.5) is 11.6 Å². The highest BCUT2D eigenvalue weighted by molar-refractivity contribution is 7.07. The van der Waals surface area contributed by atoms with Gasteiger partial charge in [-0.05, 0) is 28.8 Å². The molecule has 2 heterocycles. The van der Waals surface area contributed by atoms with E-state index < -0.39 is 0 Å². The van der Waals surface area contributed by atoms with Crippen LogP contribution in [0.5, 0.6) is 0 Å². The normalized spacial score (nSPS) is 10.2. The maximum atomic E-state index is 4.30. The molecule has 0 spiro atoms. The van der Waals surface area contributed by atoms with Crippen molar-refractivity contribution in [2.75, 3.05) is 17.7 Å². The summed E-state index contributed by atoms with van der Waals surface area (Å²) in [5.41, 5.74) is 2.41. The summed E-state index contributed by atoms with van der Waals surface area (Å²) in [6, 6.07) is 2.11. The second-order valence-corrected chi connectivity index (χ2v) is 4.42. The second kappa shape index (κ2) is 5.63. The first kappa shape index (κ1) is 11.9. The molecule has 0 aliphatic carbocycles. The van der Waals surface area contributed by atoms with E-state index in [2.05, 4.69) is 44.4 Å². The molecule has 90 valence electrons. The minimum absolute atomic E-state index is 0.802. The Labute approximate surface area is 105 Å². The maximum absolute atomic E-state index is 4.30. The third kappa shape index (κ3) is 2.74. The van der Waals surface area contributed by atoms with Crippen molar-refractivity contribution < 1.29 is 0 Å². The van der Waals surface area contributed by atoms with Gasteiger partial charge in [-0.25, -0.2) is 9.97 Å². The number of nitrogens with zero attached hydrogens (tertiary/aromatic N) is 2. The van der Waals surface area contributed by atoms with Crippen LogP contribution >= 0.6 is 11.3 Å². The van der Waals surface area contributed by atoms with Crippen LogP contribution in [-0.2, 0) is 13.0 Å². The van der Waals surface area contributed by atoms with Gasteiger partial charge >= 0.3 is 0 Å². The molecule has 0 fully saturated rings. The number of anilines is 2. The average molecular weight is 248 g/mol. The molecule has 0 aliphatic heterocycles. The molecule has 2 rings (SSSR count). The van der Waals surface area contributed by atoms with Crippen molar-refractivity contribution in [3.05, 3.63) is 34.3 Å². The summed E-state index contributed by atoms with van der Waals surface area (Å²) < 4.78 is 0. The van der Waals surface area contributed by atoms with Gasteiger partial charge in [0.05, 0.1) is 0 Å². The lowest BCUT2D eigenvalue weighted by Crippen LogP contribution is -2.07. The van der Waals surface area contributed by atoms with E-state index in [1.165, 1.54) is 5.56 Å². The molecule has 0 amide bonds. The molecule has 0 bridgehead atoms. The van der Waals surface area contributed by atoms with Gasteiger partial charge < -0.3 is 10.6 Å². The highest BCUT2D eigenvalue weighted by atomic mass is 32.1. The van der Waals surface area contributed by atoms with Crippen molar-refractivity contribution in [2.24, 2.45) is 0 Å². The fourth-order valence-electron chi connectivity index (χ4n) is 1.69. The smallest absolute Gasteiger partial charge is 0.134 e. The van der Waals surface area contributed by atoms with Gasteiger partial charge in [0.1, 0.15) is 18.0 Å². The van der Waals surface area contributed by atoms with Crippen LogP contribution in [0.3, 0.4) is 0 Å². The van der Waals surface area contributed by atoms with Gasteiger partial charge in [-0.2, -0.15) is 11.3 Å². The average Bonchev–Trinajstić information content (AvgIpc) is 2.88. The zero-order valence-electron chi connectivity index (χ0n) is 10.0. The van der Waals surface area contributed by atoms with Gasteiger partial charge in [-0.15, -0.1) is 0 Å². The predicted octanol–water partition coefficient (Wildman–Crippen LogP) is 2.75. The Kier molecular flexibility index (Phi) is 3.93. The molecule has 2 aromatic rings. The molecule has 0 aliphatic rings. The van der Waals surface area contributed by atoms with Crippen LogP contribution in [-0.4, -0.2) is 17.0 Å². The first-order valence-corrected chi connectivity index (χ1v) is 6.56. The summed E-state index contributed by atoms with van der Waals surface area (Å²) >= 11 is 1.71. The van der Waals surface area contributed by atoms with Gasteiger partial charge in [0.15, 0.2) is 0 Å². The van der Waals surface area contributed by atoms with Gasteiger partial charge in [0.2, 0.25) is 0 Å². The number of rotatable bonds is 5. The Morgan fingerprint density at radius 1 is 1.29 bits per heavy atom. The van der Waals surface area contributed by atoms with E-state index in [0.717, 1.165) is 30.2 Å². The second-order valence-electron chi connectivity index (χ2n) is 3.64. The van der Waals surface area contributed by atoms with E-state index in [4.69, 9.17) is 0 Å². The van der Waals surface area contributed by atoms with Crippen LogP contribution < -0.4 is 10.6 Å². The summed E-state index contributed by atoms with van der Waals surface area (Å²) in [4.78, 5) is 8.51. The summed E-state index contributed by atoms with van der Waals surface area (Å²) in [6.07, 6.45) is 2.49. The molecule has 0 aromatic carbocycles. The van der Waals surface area contributed by atoms with E-state index in [1.807, 2.05) is 7.05 Å². The van der Waals surface area contributed by atoms with E-state index in [9.17, 15) is 0 Å². The van der Waals surface area contributed by atoms with E-state index >= 15 is 0 Å². The van der Waals surface area contributed by atoms with Crippen molar-refractivity contribution in [3.63, 3.8) is 0 Å². The third-order valence-electron chi connectivity index (χ3n) is 2.58. The fourth-order valence-corrected chi connectivity index (χ4v) is 2.36. The van der Waals surface area contributed by atoms with E-state index in [-0.39, 0.29) is 0 Å². The molecule has 2 N–H and O–H groups in total. The van der Waals surface area contributed by atoms with E-state index in [1.54, 1.807) is 17.7 Å². The van der Waals surface area contributed by atoms with E-state index in [0.29, 0.717) is 0 Å². The summed E-state index contributed by atoms with van der Waals surface area (Å²) in [6.45, 7) is 2.91. The summed E-state index contributed by atoms with van der Waals surface area (Å²) in [5, 5.41) is 10.7. The highest BCUT2D eigenvalue weighted by Crippen LogP contribution is 2.20. The van der Waals surface area contributed by atoms with Crippen molar-refractivity contribution in [2.45, 2.75) is 19.9 Å². The Morgan fingerprint density at radius 3 is 2.76 bits per heavy atom. The summed E-state index contributed by atoms with van der Waals surface area (Å²) in [5.74, 6) is 1.81. The molecule has 0 saturated heterocycles. The molecule has 5 heteroatoms. The summed E-state index contributed by atoms with van der Waals surface area (Å²) in [7, 11) is 1.88. The quantitative estimate of drug-likeness (QED) is 0.854. The third-order valence-corrected chi connectivity index (χ3v) is 3.31. The fraction of sp³-hybridized carbons (Fsp3) is 0.333. The Hall–Kier alpha value is -1.62. The number of thiophene rings is 1. The first-order valence-electron chi connectivity index (χ1n) is 5.61. The van der Waals surface area contributed by atoms with Crippen LogP contribution in [0.2, 0.25) is 0 Å². The Bertz CT molecular complexity index is 467. The predicted molar refractivity (Wildman–Crippen MR) is 72.6 cm³/mol. The molecule has 4 nitrogen and oxygen atoms in total. The van der Waals surface area contributed by atoms with Gasteiger partial charge in [0.25, 0.3) is 0 Å². The number of nitrogens with one attached hydrogen (secondary N) is 2. The lowest BCUT2D eigenvalue weighted by atomic mass is 10.2. The lowest BCUT2D eigenvalue weighted by Gasteiger charge is -2.12. The Balaban J connectivity index is 2.14. The molecular formula is C12H16N4S. The zero-order valence-corrected chi connectivity index (χ0v) is 10.8. The molecule has 0 saturated carbocycles. The number of hydrogen-bond acceptors (Lipinski definition) is 5. The first-order chi connectivity index (χ1) is 8.35. The topological polar surface area (TPSA) is 49.8 Å². The zero-order chi connectivity index (χ0) is 12.1. The van der Waals surface area contributed by atoms with Crippen LogP contribution in [0.15, 0.2) is 23.2 Å². The maximum Gasteiger partial charge on any atom is 0.134 e. The molecular weight excluding hydrogens is 232 g/mol. The monoisotopic (exact) mass is 248 g/mol. The highest BCUT2D eigenvalue weighted by Gasteiger charge is 2.07. The van der Waals surface area contributed by atoms with Crippen molar-refractivity contribution in [1.29, 1.82) is 0 Å². The molecule has 0 radical (unpaired) electrons. The molecule has 0 atom stereocenters. The SMILES string of the molecule is CCc1c(NC)ncnc1NCc1ccsc1. The minimum Gasteiger partial charge on any atom is -0.373 e. The Morgan fingerprint density at radius 2 is 2.12 bits per heavy atom. The number of aromatic nitrogens is 2. The molecule has 17 heavy (non-hydrogen) atoms. The standard InChI is InChI=1S/C12H16N4S/c1-3-10-11(13-2)15-8-16-12(10)14-6-9-4-5-17-7-9/h4-5,7-8H,3,6H2,1-2H3,(H2,13,14,15,16). The van der Waals surface area contributed by atoms with Crippen LogP contribution in [0, 0.1) is 0 Å². The van der Waals surface area contributed by atoms with Crippen LogP contribution in [0.1, 0.15) is 18.1 Å². The van der Waals surface area contributed by atoms with Gasteiger partial charge in [-0.1, -0.05) is 6.92 Å². The largest absolute Gasteiger partial charge is 0.373 e.